The summed E-state index contributed by atoms with van der Waals surface area (Å²) in [5.74, 6) is 0. The quantitative estimate of drug-likeness (QED) is 0.398. The third-order valence-corrected chi connectivity index (χ3v) is 2.81. The number of ether oxygens (including phenoxy) is 1. The molecule has 12 heavy (non-hydrogen) atoms. The van der Waals surface area contributed by atoms with Crippen LogP contribution in [-0.2, 0) is 4.74 Å². The molecule has 2 unspecified atom stereocenters. The largest absolute Gasteiger partial charge is 0.365 e. The Kier molecular flexibility index (Phi) is 2.83. The van der Waals surface area contributed by atoms with E-state index in [0.29, 0.717) is 12.2 Å². The zero-order chi connectivity index (χ0) is 8.23. The Hall–Kier alpha value is -0.300. The first-order valence-electron chi connectivity index (χ1n) is 5.29. The lowest BCUT2D eigenvalue weighted by molar-refractivity contribution is 0.371. The van der Waals surface area contributed by atoms with Gasteiger partial charge in [0.25, 0.3) is 0 Å². The minimum absolute atomic E-state index is 0.489. The number of hydrogen-bond acceptors (Lipinski definition) is 1. The van der Waals surface area contributed by atoms with Crippen LogP contribution in [0.3, 0.4) is 0 Å². The molecule has 0 radical (unpaired) electrons. The van der Waals surface area contributed by atoms with Crippen molar-refractivity contribution >= 4 is 0 Å². The fraction of sp³-hybridized carbons (Fsp3) is 0.818. The van der Waals surface area contributed by atoms with Gasteiger partial charge in [-0.05, 0) is 19.3 Å². The first-order valence-corrected chi connectivity index (χ1v) is 5.29. The molecular formula is C11H18O. The molecule has 2 atom stereocenters. The van der Waals surface area contributed by atoms with Crippen molar-refractivity contribution < 1.29 is 4.74 Å². The van der Waals surface area contributed by atoms with Crippen LogP contribution >= 0.6 is 0 Å². The summed E-state index contributed by atoms with van der Waals surface area (Å²) in [5.41, 5.74) is 0. The van der Waals surface area contributed by atoms with Crippen LogP contribution in [0, 0.1) is 0 Å². The van der Waals surface area contributed by atoms with Gasteiger partial charge in [0.05, 0.1) is 6.10 Å². The minimum atomic E-state index is 0.489. The number of hydrogen-bond donors (Lipinski definition) is 0. The lowest BCUT2D eigenvalue weighted by atomic mass is 10.1. The van der Waals surface area contributed by atoms with Crippen molar-refractivity contribution in [3.05, 3.63) is 12.2 Å². The lowest BCUT2D eigenvalue weighted by Gasteiger charge is -1.97. The molecular weight excluding hydrogens is 148 g/mol. The maximum absolute atomic E-state index is 5.50. The Labute approximate surface area is 74.8 Å². The van der Waals surface area contributed by atoms with Gasteiger partial charge in [-0.25, -0.2) is 0 Å². The van der Waals surface area contributed by atoms with Gasteiger partial charge in [-0.1, -0.05) is 37.8 Å². The van der Waals surface area contributed by atoms with Crippen LogP contribution in [0.25, 0.3) is 0 Å². The number of allylic oxidation sites excluding steroid dienone is 1. The molecule has 0 N–H and O–H groups in total. The summed E-state index contributed by atoms with van der Waals surface area (Å²) in [6.07, 6.45) is 15.2. The van der Waals surface area contributed by atoms with E-state index < -0.39 is 0 Å². The van der Waals surface area contributed by atoms with Crippen LogP contribution < -0.4 is 0 Å². The van der Waals surface area contributed by atoms with Crippen LogP contribution in [0.1, 0.15) is 44.9 Å². The summed E-state index contributed by atoms with van der Waals surface area (Å²) in [6, 6.07) is 0. The summed E-state index contributed by atoms with van der Waals surface area (Å²) in [7, 11) is 0. The van der Waals surface area contributed by atoms with Crippen molar-refractivity contribution in [3.63, 3.8) is 0 Å². The molecule has 0 bridgehead atoms. The minimum Gasteiger partial charge on any atom is -0.365 e. The lowest BCUT2D eigenvalue weighted by Crippen LogP contribution is -1.89. The normalized spacial score (nSPS) is 39.3. The van der Waals surface area contributed by atoms with Gasteiger partial charge in [-0.2, -0.15) is 0 Å². The first kappa shape index (κ1) is 8.31. The Morgan fingerprint density at radius 2 is 1.83 bits per heavy atom. The molecule has 2 aliphatic rings. The molecule has 1 heteroatoms. The van der Waals surface area contributed by atoms with E-state index in [4.69, 9.17) is 4.74 Å². The van der Waals surface area contributed by atoms with Gasteiger partial charge >= 0.3 is 0 Å². The average molecular weight is 166 g/mol. The van der Waals surface area contributed by atoms with E-state index in [1.807, 2.05) is 0 Å². The van der Waals surface area contributed by atoms with Crippen LogP contribution in [0.15, 0.2) is 12.2 Å². The fourth-order valence-corrected chi connectivity index (χ4v) is 1.93. The van der Waals surface area contributed by atoms with Crippen LogP contribution in [0.4, 0.5) is 0 Å². The molecule has 1 fully saturated rings. The van der Waals surface area contributed by atoms with Crippen molar-refractivity contribution in [3.8, 4) is 0 Å². The number of rotatable bonds is 0. The van der Waals surface area contributed by atoms with Gasteiger partial charge < -0.3 is 4.74 Å². The Morgan fingerprint density at radius 3 is 2.83 bits per heavy atom. The van der Waals surface area contributed by atoms with Gasteiger partial charge in [-0.3, -0.25) is 0 Å². The number of fused-ring (bicyclic) bond motifs is 1. The third kappa shape index (κ3) is 2.34. The average Bonchev–Trinajstić information content (AvgIpc) is 2.78. The second-order valence-corrected chi connectivity index (χ2v) is 3.91. The summed E-state index contributed by atoms with van der Waals surface area (Å²) in [5, 5.41) is 0. The molecule has 0 aromatic heterocycles. The van der Waals surface area contributed by atoms with Crippen LogP contribution in [0.5, 0.6) is 0 Å². The van der Waals surface area contributed by atoms with E-state index in [2.05, 4.69) is 12.2 Å². The van der Waals surface area contributed by atoms with E-state index in [1.165, 1.54) is 44.9 Å². The topological polar surface area (TPSA) is 12.5 Å². The van der Waals surface area contributed by atoms with Crippen molar-refractivity contribution in [1.29, 1.82) is 0 Å². The molecule has 1 saturated heterocycles. The second kappa shape index (κ2) is 4.08. The summed E-state index contributed by atoms with van der Waals surface area (Å²) >= 11 is 0. The first-order chi connectivity index (χ1) is 5.97. The van der Waals surface area contributed by atoms with E-state index >= 15 is 0 Å². The molecule has 68 valence electrons. The van der Waals surface area contributed by atoms with E-state index in [1.54, 1.807) is 0 Å². The molecule has 0 spiro atoms. The smallest absolute Gasteiger partial charge is 0.102 e. The molecule has 0 aromatic carbocycles. The second-order valence-electron chi connectivity index (χ2n) is 3.91. The summed E-state index contributed by atoms with van der Waals surface area (Å²) in [6.45, 7) is 0. The maximum Gasteiger partial charge on any atom is 0.102 e. The predicted octanol–water partition coefficient (Wildman–Crippen LogP) is 3.05. The fourth-order valence-electron chi connectivity index (χ4n) is 1.93. The number of epoxide rings is 1. The monoisotopic (exact) mass is 166 g/mol. The van der Waals surface area contributed by atoms with Crippen molar-refractivity contribution in [1.82, 2.24) is 0 Å². The molecule has 0 saturated carbocycles. The van der Waals surface area contributed by atoms with Gasteiger partial charge in [0.2, 0.25) is 0 Å². The molecule has 0 amide bonds. The highest BCUT2D eigenvalue weighted by Crippen LogP contribution is 2.29. The van der Waals surface area contributed by atoms with E-state index in [0.717, 1.165) is 0 Å². The zero-order valence-corrected chi connectivity index (χ0v) is 7.67. The maximum atomic E-state index is 5.50. The highest BCUT2D eigenvalue weighted by Gasteiger charge is 2.35. The molecule has 1 heterocycles. The Balaban J connectivity index is 1.78. The van der Waals surface area contributed by atoms with Crippen LogP contribution in [-0.4, -0.2) is 12.2 Å². The van der Waals surface area contributed by atoms with E-state index in [-0.39, 0.29) is 0 Å². The predicted molar refractivity (Wildman–Crippen MR) is 50.1 cm³/mol. The van der Waals surface area contributed by atoms with Crippen molar-refractivity contribution in [2.75, 3.05) is 0 Å². The SMILES string of the molecule is C1=C\C2OC2CCCCCCC/1. The standard InChI is InChI=1S/C11H18O/c1-2-4-6-8-10-11(12-10)9-7-5-3-1/h6,8,10-11H,1-5,7,9H2/b8-6-. The van der Waals surface area contributed by atoms with E-state index in [9.17, 15) is 0 Å². The van der Waals surface area contributed by atoms with Gasteiger partial charge in [-0.15, -0.1) is 0 Å². The Bertz CT molecular complexity index is 162. The van der Waals surface area contributed by atoms with Gasteiger partial charge in [0.1, 0.15) is 6.10 Å². The molecule has 1 aliphatic heterocycles. The molecule has 1 nitrogen and oxygen atoms in total. The zero-order valence-electron chi connectivity index (χ0n) is 7.67. The summed E-state index contributed by atoms with van der Waals surface area (Å²) < 4.78 is 5.50. The van der Waals surface area contributed by atoms with Crippen molar-refractivity contribution in [2.45, 2.75) is 57.2 Å². The molecule has 1 aliphatic carbocycles. The Morgan fingerprint density at radius 1 is 1.00 bits per heavy atom. The van der Waals surface area contributed by atoms with Gasteiger partial charge in [0.15, 0.2) is 0 Å². The van der Waals surface area contributed by atoms with Gasteiger partial charge in [0, 0.05) is 0 Å². The van der Waals surface area contributed by atoms with Crippen molar-refractivity contribution in [2.24, 2.45) is 0 Å². The highest BCUT2D eigenvalue weighted by molar-refractivity contribution is 5.02. The molecule has 0 aromatic rings. The van der Waals surface area contributed by atoms with Crippen LogP contribution in [0.2, 0.25) is 0 Å². The summed E-state index contributed by atoms with van der Waals surface area (Å²) in [4.78, 5) is 0. The highest BCUT2D eigenvalue weighted by atomic mass is 16.6. The third-order valence-electron chi connectivity index (χ3n) is 2.81. The molecule has 2 rings (SSSR count).